The molecule has 1 aliphatic heterocycles. The summed E-state index contributed by atoms with van der Waals surface area (Å²) in [5.41, 5.74) is 0. The Morgan fingerprint density at radius 1 is 1.17 bits per heavy atom. The van der Waals surface area contributed by atoms with Crippen molar-refractivity contribution in [3.8, 4) is 5.88 Å². The smallest absolute Gasteiger partial charge is 0.228 e. The van der Waals surface area contributed by atoms with Crippen molar-refractivity contribution in [3.63, 3.8) is 0 Å². The summed E-state index contributed by atoms with van der Waals surface area (Å²) in [5, 5.41) is 10.3. The third-order valence-corrected chi connectivity index (χ3v) is 4.89. The van der Waals surface area contributed by atoms with Crippen LogP contribution in [0, 0.1) is 0 Å². The zero-order valence-corrected chi connectivity index (χ0v) is 14.0. The van der Waals surface area contributed by atoms with E-state index >= 15 is 0 Å². The topological polar surface area (TPSA) is 61.7 Å². The van der Waals surface area contributed by atoms with Gasteiger partial charge in [-0.1, -0.05) is 12.8 Å². The monoisotopic (exact) mass is 320 g/mol. The standard InChI is InChI=1S/C17H28N4O2/c1-2-23-16-8-9-18-17(19-16)21-11-5-10-20(12-13-21)14-6-3-4-7-15(14)22/h8-9,14-15,22H,2-7,10-13H2,1H3. The molecule has 2 aliphatic rings. The molecule has 1 N–H and O–H groups in total. The summed E-state index contributed by atoms with van der Waals surface area (Å²) >= 11 is 0. The third kappa shape index (κ3) is 4.12. The molecule has 1 aromatic heterocycles. The first-order valence-electron chi connectivity index (χ1n) is 8.91. The predicted molar refractivity (Wildman–Crippen MR) is 89.9 cm³/mol. The summed E-state index contributed by atoms with van der Waals surface area (Å²) in [5.74, 6) is 1.39. The Morgan fingerprint density at radius 3 is 2.87 bits per heavy atom. The molecular weight excluding hydrogens is 292 g/mol. The van der Waals surface area contributed by atoms with Gasteiger partial charge in [-0.15, -0.1) is 0 Å². The van der Waals surface area contributed by atoms with Crippen LogP contribution in [-0.2, 0) is 0 Å². The van der Waals surface area contributed by atoms with Gasteiger partial charge in [0.1, 0.15) is 0 Å². The Balaban J connectivity index is 1.63. The molecule has 0 radical (unpaired) electrons. The summed E-state index contributed by atoms with van der Waals surface area (Å²) in [6, 6.07) is 2.13. The fraction of sp³-hybridized carbons (Fsp3) is 0.765. The highest BCUT2D eigenvalue weighted by atomic mass is 16.5. The largest absolute Gasteiger partial charge is 0.478 e. The lowest BCUT2D eigenvalue weighted by Crippen LogP contribution is -2.47. The molecule has 2 unspecified atom stereocenters. The fourth-order valence-corrected chi connectivity index (χ4v) is 3.70. The predicted octanol–water partition coefficient (Wildman–Crippen LogP) is 1.69. The van der Waals surface area contributed by atoms with Crippen LogP contribution in [0.2, 0.25) is 0 Å². The number of ether oxygens (including phenoxy) is 1. The lowest BCUT2D eigenvalue weighted by molar-refractivity contribution is 0.0230. The molecule has 1 saturated carbocycles. The van der Waals surface area contributed by atoms with Crippen molar-refractivity contribution >= 4 is 5.95 Å². The number of hydrogen-bond donors (Lipinski definition) is 1. The molecule has 0 bridgehead atoms. The van der Waals surface area contributed by atoms with Gasteiger partial charge in [0.2, 0.25) is 11.8 Å². The molecule has 23 heavy (non-hydrogen) atoms. The van der Waals surface area contributed by atoms with Gasteiger partial charge < -0.3 is 14.7 Å². The van der Waals surface area contributed by atoms with E-state index in [0.29, 0.717) is 18.5 Å². The average molecular weight is 320 g/mol. The first-order chi connectivity index (χ1) is 11.3. The Morgan fingerprint density at radius 2 is 2.04 bits per heavy atom. The van der Waals surface area contributed by atoms with Crippen molar-refractivity contribution in [2.45, 2.75) is 51.2 Å². The molecule has 0 aromatic carbocycles. The molecule has 0 spiro atoms. The van der Waals surface area contributed by atoms with Crippen LogP contribution in [0.4, 0.5) is 5.95 Å². The summed E-state index contributed by atoms with van der Waals surface area (Å²) in [6.07, 6.45) is 7.15. The lowest BCUT2D eigenvalue weighted by atomic mass is 9.91. The van der Waals surface area contributed by atoms with E-state index in [1.807, 2.05) is 6.92 Å². The molecule has 6 nitrogen and oxygen atoms in total. The lowest BCUT2D eigenvalue weighted by Gasteiger charge is -2.37. The van der Waals surface area contributed by atoms with Gasteiger partial charge in [0.25, 0.3) is 0 Å². The van der Waals surface area contributed by atoms with Crippen LogP contribution in [-0.4, -0.2) is 64.9 Å². The molecular formula is C17H28N4O2. The zero-order chi connectivity index (χ0) is 16.1. The van der Waals surface area contributed by atoms with Crippen molar-refractivity contribution in [3.05, 3.63) is 12.3 Å². The van der Waals surface area contributed by atoms with Crippen molar-refractivity contribution < 1.29 is 9.84 Å². The fourth-order valence-electron chi connectivity index (χ4n) is 3.70. The molecule has 6 heteroatoms. The summed E-state index contributed by atoms with van der Waals surface area (Å²) < 4.78 is 5.48. The second kappa shape index (κ2) is 7.93. The number of rotatable bonds is 4. The minimum atomic E-state index is -0.159. The number of aromatic nitrogens is 2. The van der Waals surface area contributed by atoms with Crippen LogP contribution in [0.1, 0.15) is 39.0 Å². The van der Waals surface area contributed by atoms with Gasteiger partial charge in [-0.05, 0) is 26.2 Å². The zero-order valence-electron chi connectivity index (χ0n) is 14.0. The maximum atomic E-state index is 10.3. The van der Waals surface area contributed by atoms with Gasteiger partial charge in [0, 0.05) is 44.5 Å². The quantitative estimate of drug-likeness (QED) is 0.911. The Kier molecular flexibility index (Phi) is 5.67. The van der Waals surface area contributed by atoms with Gasteiger partial charge >= 0.3 is 0 Å². The first-order valence-corrected chi connectivity index (χ1v) is 8.91. The Hall–Kier alpha value is -1.40. The van der Waals surface area contributed by atoms with Gasteiger partial charge in [0.05, 0.1) is 12.7 Å². The van der Waals surface area contributed by atoms with E-state index in [4.69, 9.17) is 4.74 Å². The molecule has 3 rings (SSSR count). The average Bonchev–Trinajstić information content (AvgIpc) is 2.82. The number of anilines is 1. The van der Waals surface area contributed by atoms with Crippen LogP contribution < -0.4 is 9.64 Å². The summed E-state index contributed by atoms with van der Waals surface area (Å²) in [6.45, 7) is 6.44. The van der Waals surface area contributed by atoms with Gasteiger partial charge in [-0.2, -0.15) is 4.98 Å². The van der Waals surface area contributed by atoms with Crippen LogP contribution in [0.5, 0.6) is 5.88 Å². The Labute approximate surface area is 138 Å². The summed E-state index contributed by atoms with van der Waals surface area (Å²) in [7, 11) is 0. The van der Waals surface area contributed by atoms with Crippen molar-refractivity contribution in [2.24, 2.45) is 0 Å². The van der Waals surface area contributed by atoms with E-state index in [0.717, 1.165) is 57.8 Å². The molecule has 1 saturated heterocycles. The molecule has 1 aliphatic carbocycles. The van der Waals surface area contributed by atoms with E-state index in [9.17, 15) is 5.11 Å². The molecule has 2 atom stereocenters. The summed E-state index contributed by atoms with van der Waals surface area (Å²) in [4.78, 5) is 13.6. The normalized spacial score (nSPS) is 26.8. The van der Waals surface area contributed by atoms with Crippen molar-refractivity contribution in [2.75, 3.05) is 37.7 Å². The number of aliphatic hydroxyl groups is 1. The minimum Gasteiger partial charge on any atom is -0.478 e. The number of aliphatic hydroxyl groups excluding tert-OH is 1. The van der Waals surface area contributed by atoms with E-state index < -0.39 is 0 Å². The van der Waals surface area contributed by atoms with Crippen LogP contribution in [0.3, 0.4) is 0 Å². The molecule has 0 amide bonds. The highest BCUT2D eigenvalue weighted by molar-refractivity contribution is 5.32. The second-order valence-electron chi connectivity index (χ2n) is 6.42. The maximum Gasteiger partial charge on any atom is 0.228 e. The number of nitrogens with zero attached hydrogens (tertiary/aromatic N) is 4. The van der Waals surface area contributed by atoms with Crippen LogP contribution in [0.25, 0.3) is 0 Å². The molecule has 128 valence electrons. The minimum absolute atomic E-state index is 0.159. The second-order valence-corrected chi connectivity index (χ2v) is 6.42. The van der Waals surface area contributed by atoms with Gasteiger partial charge in [-0.3, -0.25) is 4.90 Å². The molecule has 2 fully saturated rings. The Bertz CT molecular complexity index is 499. The molecule has 1 aromatic rings. The highest BCUT2D eigenvalue weighted by Gasteiger charge is 2.30. The van der Waals surface area contributed by atoms with Gasteiger partial charge in [0.15, 0.2) is 0 Å². The van der Waals surface area contributed by atoms with Crippen molar-refractivity contribution in [1.82, 2.24) is 14.9 Å². The molecule has 2 heterocycles. The van der Waals surface area contributed by atoms with E-state index in [1.165, 1.54) is 6.42 Å². The SMILES string of the molecule is CCOc1ccnc(N2CCCN(C3CCCCC3O)CC2)n1. The van der Waals surface area contributed by atoms with Crippen LogP contribution >= 0.6 is 0 Å². The third-order valence-electron chi connectivity index (χ3n) is 4.89. The van der Waals surface area contributed by atoms with E-state index in [1.54, 1.807) is 12.3 Å². The van der Waals surface area contributed by atoms with E-state index in [-0.39, 0.29) is 6.10 Å². The highest BCUT2D eigenvalue weighted by Crippen LogP contribution is 2.25. The first kappa shape index (κ1) is 16.5. The van der Waals surface area contributed by atoms with Crippen molar-refractivity contribution in [1.29, 1.82) is 0 Å². The van der Waals surface area contributed by atoms with E-state index in [2.05, 4.69) is 19.8 Å². The van der Waals surface area contributed by atoms with Gasteiger partial charge in [-0.25, -0.2) is 4.98 Å². The maximum absolute atomic E-state index is 10.3. The number of hydrogen-bond acceptors (Lipinski definition) is 6. The van der Waals surface area contributed by atoms with Crippen LogP contribution in [0.15, 0.2) is 12.3 Å².